The Morgan fingerprint density at radius 3 is 2.76 bits per heavy atom. The molecule has 1 aliphatic carbocycles. The summed E-state index contributed by atoms with van der Waals surface area (Å²) >= 11 is 1.92. The molecule has 0 spiro atoms. The molecule has 2 rings (SSSR count). The average molecular weight is 252 g/mol. The molecule has 3 heteroatoms. The summed E-state index contributed by atoms with van der Waals surface area (Å²) < 4.78 is 0. The molecular weight excluding hydrogens is 228 g/mol. The summed E-state index contributed by atoms with van der Waals surface area (Å²) in [6, 6.07) is 0.790. The molecule has 1 N–H and O–H groups in total. The van der Waals surface area contributed by atoms with Gasteiger partial charge in [-0.25, -0.2) is 4.98 Å². The molecule has 0 saturated heterocycles. The lowest BCUT2D eigenvalue weighted by molar-refractivity contribution is 0.622. The van der Waals surface area contributed by atoms with E-state index in [1.807, 2.05) is 11.3 Å². The van der Waals surface area contributed by atoms with E-state index in [-0.39, 0.29) is 0 Å². The van der Waals surface area contributed by atoms with Crippen molar-refractivity contribution in [1.29, 1.82) is 0 Å². The van der Waals surface area contributed by atoms with Crippen molar-refractivity contribution in [3.63, 3.8) is 0 Å². The molecule has 96 valence electrons. The topological polar surface area (TPSA) is 24.9 Å². The number of nitrogens with zero attached hydrogens (tertiary/aromatic N) is 1. The van der Waals surface area contributed by atoms with Crippen LogP contribution in [-0.4, -0.2) is 11.0 Å². The van der Waals surface area contributed by atoms with Gasteiger partial charge in [0.25, 0.3) is 0 Å². The predicted molar refractivity (Wildman–Crippen MR) is 74.5 cm³/mol. The summed E-state index contributed by atoms with van der Waals surface area (Å²) in [4.78, 5) is 6.30. The summed E-state index contributed by atoms with van der Waals surface area (Å²) in [6.45, 7) is 7.81. The van der Waals surface area contributed by atoms with E-state index in [0.717, 1.165) is 25.4 Å². The van der Waals surface area contributed by atoms with Crippen molar-refractivity contribution >= 4 is 11.3 Å². The number of nitrogens with one attached hydrogen (secondary N) is 1. The largest absolute Gasteiger partial charge is 0.309 e. The van der Waals surface area contributed by atoms with Gasteiger partial charge in [-0.1, -0.05) is 20.8 Å². The zero-order valence-electron chi connectivity index (χ0n) is 11.3. The average Bonchev–Trinajstić information content (AvgIpc) is 3.00. The Bertz CT molecular complexity index is 353. The molecule has 17 heavy (non-hydrogen) atoms. The van der Waals surface area contributed by atoms with Crippen LogP contribution in [0.5, 0.6) is 0 Å². The van der Waals surface area contributed by atoms with Gasteiger partial charge in [0.05, 0.1) is 10.7 Å². The molecule has 0 bridgehead atoms. The molecule has 1 heterocycles. The van der Waals surface area contributed by atoms with Crippen LogP contribution in [0.1, 0.15) is 55.6 Å². The maximum absolute atomic E-state index is 4.82. The minimum absolute atomic E-state index is 0.700. The smallest absolute Gasteiger partial charge is 0.0931 e. The Balaban J connectivity index is 2.02. The number of aromatic nitrogens is 1. The lowest BCUT2D eigenvalue weighted by Crippen LogP contribution is -2.15. The monoisotopic (exact) mass is 252 g/mol. The van der Waals surface area contributed by atoms with Crippen molar-refractivity contribution in [2.24, 2.45) is 5.92 Å². The number of rotatable bonds is 7. The van der Waals surface area contributed by atoms with Crippen LogP contribution in [0.25, 0.3) is 0 Å². The Morgan fingerprint density at radius 1 is 1.41 bits per heavy atom. The molecule has 1 aliphatic rings. The predicted octanol–water partition coefficient (Wildman–Crippen LogP) is 3.55. The molecule has 0 amide bonds. The third-order valence-corrected chi connectivity index (χ3v) is 4.17. The van der Waals surface area contributed by atoms with Gasteiger partial charge in [-0.15, -0.1) is 11.3 Å². The standard InChI is InChI=1S/C14H24N2S/c1-4-5-14-16-12(8-10(2)3)13(17-14)9-15-11-6-7-11/h10-11,15H,4-9H2,1-3H3. The van der Waals surface area contributed by atoms with E-state index in [9.17, 15) is 0 Å². The zero-order chi connectivity index (χ0) is 12.3. The van der Waals surface area contributed by atoms with E-state index >= 15 is 0 Å². The lowest BCUT2D eigenvalue weighted by Gasteiger charge is -2.05. The molecule has 1 aromatic rings. The highest BCUT2D eigenvalue weighted by Gasteiger charge is 2.21. The highest BCUT2D eigenvalue weighted by Crippen LogP contribution is 2.25. The molecule has 0 radical (unpaired) electrons. The fraction of sp³-hybridized carbons (Fsp3) is 0.786. The molecular formula is C14H24N2S. The van der Waals surface area contributed by atoms with Crippen LogP contribution in [0.15, 0.2) is 0 Å². The highest BCUT2D eigenvalue weighted by molar-refractivity contribution is 7.11. The van der Waals surface area contributed by atoms with Gasteiger partial charge < -0.3 is 5.32 Å². The molecule has 1 aromatic heterocycles. The molecule has 2 nitrogen and oxygen atoms in total. The zero-order valence-corrected chi connectivity index (χ0v) is 12.1. The van der Waals surface area contributed by atoms with Gasteiger partial charge in [0.2, 0.25) is 0 Å². The molecule has 1 saturated carbocycles. The van der Waals surface area contributed by atoms with Crippen LogP contribution in [0.4, 0.5) is 0 Å². The lowest BCUT2D eigenvalue weighted by atomic mass is 10.1. The van der Waals surface area contributed by atoms with Gasteiger partial charge in [-0.3, -0.25) is 0 Å². The second-order valence-electron chi connectivity index (χ2n) is 5.48. The molecule has 0 aliphatic heterocycles. The van der Waals surface area contributed by atoms with Crippen LogP contribution in [-0.2, 0) is 19.4 Å². The van der Waals surface area contributed by atoms with E-state index in [0.29, 0.717) is 5.92 Å². The summed E-state index contributed by atoms with van der Waals surface area (Å²) in [6.07, 6.45) is 6.19. The van der Waals surface area contributed by atoms with Crippen molar-refractivity contribution in [2.75, 3.05) is 0 Å². The van der Waals surface area contributed by atoms with Crippen LogP contribution in [0.2, 0.25) is 0 Å². The van der Waals surface area contributed by atoms with E-state index in [1.165, 1.54) is 34.8 Å². The first-order valence-corrected chi connectivity index (χ1v) is 7.71. The van der Waals surface area contributed by atoms with Crippen LogP contribution < -0.4 is 5.32 Å². The van der Waals surface area contributed by atoms with Crippen molar-refractivity contribution in [1.82, 2.24) is 10.3 Å². The summed E-state index contributed by atoms with van der Waals surface area (Å²) in [7, 11) is 0. The summed E-state index contributed by atoms with van der Waals surface area (Å²) in [5.74, 6) is 0.700. The van der Waals surface area contributed by atoms with Gasteiger partial charge in [-0.05, 0) is 38.0 Å². The first-order valence-electron chi connectivity index (χ1n) is 6.89. The second-order valence-corrected chi connectivity index (χ2v) is 6.65. The van der Waals surface area contributed by atoms with Crippen molar-refractivity contribution in [3.8, 4) is 0 Å². The molecule has 1 fully saturated rings. The van der Waals surface area contributed by atoms with E-state index in [1.54, 1.807) is 0 Å². The minimum atomic E-state index is 0.700. The van der Waals surface area contributed by atoms with Crippen LogP contribution in [0, 0.1) is 5.92 Å². The minimum Gasteiger partial charge on any atom is -0.309 e. The van der Waals surface area contributed by atoms with Gasteiger partial charge >= 0.3 is 0 Å². The van der Waals surface area contributed by atoms with E-state index in [2.05, 4.69) is 26.1 Å². The van der Waals surface area contributed by atoms with E-state index in [4.69, 9.17) is 4.98 Å². The van der Waals surface area contributed by atoms with Crippen molar-refractivity contribution < 1.29 is 0 Å². The maximum Gasteiger partial charge on any atom is 0.0931 e. The van der Waals surface area contributed by atoms with Crippen molar-refractivity contribution in [3.05, 3.63) is 15.6 Å². The van der Waals surface area contributed by atoms with Gasteiger partial charge in [-0.2, -0.15) is 0 Å². The maximum atomic E-state index is 4.82. The van der Waals surface area contributed by atoms with Crippen LogP contribution in [0.3, 0.4) is 0 Å². The number of thiazole rings is 1. The Kier molecular flexibility index (Phi) is 4.57. The second kappa shape index (κ2) is 5.96. The number of hydrogen-bond acceptors (Lipinski definition) is 3. The van der Waals surface area contributed by atoms with Gasteiger partial charge in [0.1, 0.15) is 0 Å². The first kappa shape index (κ1) is 13.0. The third kappa shape index (κ3) is 4.07. The SMILES string of the molecule is CCCc1nc(CC(C)C)c(CNC2CC2)s1. The summed E-state index contributed by atoms with van der Waals surface area (Å²) in [5, 5.41) is 4.94. The van der Waals surface area contributed by atoms with Crippen molar-refractivity contribution in [2.45, 2.75) is 65.5 Å². The van der Waals surface area contributed by atoms with Gasteiger partial charge in [0.15, 0.2) is 0 Å². The Labute approximate surface area is 109 Å². The normalized spacial score (nSPS) is 15.8. The number of hydrogen-bond donors (Lipinski definition) is 1. The molecule has 0 atom stereocenters. The number of aryl methyl sites for hydroxylation is 1. The quantitative estimate of drug-likeness (QED) is 0.803. The van der Waals surface area contributed by atoms with Gasteiger partial charge in [0, 0.05) is 17.5 Å². The third-order valence-electron chi connectivity index (χ3n) is 3.02. The fourth-order valence-corrected chi connectivity index (χ4v) is 3.12. The fourth-order valence-electron chi connectivity index (χ4n) is 1.97. The molecule has 0 aromatic carbocycles. The van der Waals surface area contributed by atoms with Crippen LogP contribution >= 0.6 is 11.3 Å². The summed E-state index contributed by atoms with van der Waals surface area (Å²) in [5.41, 5.74) is 1.35. The molecule has 0 unspecified atom stereocenters. The Hall–Kier alpha value is -0.410. The Morgan fingerprint density at radius 2 is 2.18 bits per heavy atom. The van der Waals surface area contributed by atoms with E-state index < -0.39 is 0 Å². The highest BCUT2D eigenvalue weighted by atomic mass is 32.1. The first-order chi connectivity index (χ1) is 8.19.